The number of nitrogens with one attached hydrogen (secondary N) is 2. The van der Waals surface area contributed by atoms with Gasteiger partial charge in [-0.3, -0.25) is 9.59 Å². The molecule has 0 bridgehead atoms. The molecular weight excluding hydrogens is 254 g/mol. The standard InChI is InChI=1S/C15H21N3O2/c1-15(6-8-17-9-7-15)10-18-14(20)12-4-2-11(3-5-12)13(16)19/h2-5,17H,6-10H2,1H3,(H2,16,19)(H,18,20). The summed E-state index contributed by atoms with van der Waals surface area (Å²) >= 11 is 0. The first kappa shape index (κ1) is 14.5. The van der Waals surface area contributed by atoms with Gasteiger partial charge >= 0.3 is 0 Å². The van der Waals surface area contributed by atoms with Crippen LogP contribution in [0.1, 0.15) is 40.5 Å². The van der Waals surface area contributed by atoms with E-state index in [4.69, 9.17) is 5.73 Å². The summed E-state index contributed by atoms with van der Waals surface area (Å²) < 4.78 is 0. The number of benzene rings is 1. The van der Waals surface area contributed by atoms with Crippen molar-refractivity contribution in [2.24, 2.45) is 11.1 Å². The maximum atomic E-state index is 12.1. The Kier molecular flexibility index (Phi) is 4.39. The Hall–Kier alpha value is -1.88. The Bertz CT molecular complexity index is 490. The highest BCUT2D eigenvalue weighted by molar-refractivity contribution is 5.97. The molecule has 1 aromatic rings. The molecule has 0 saturated carbocycles. The van der Waals surface area contributed by atoms with Gasteiger partial charge in [0.25, 0.3) is 5.91 Å². The second-order valence-electron chi connectivity index (χ2n) is 5.68. The van der Waals surface area contributed by atoms with Crippen molar-refractivity contribution < 1.29 is 9.59 Å². The zero-order chi connectivity index (χ0) is 14.6. The van der Waals surface area contributed by atoms with Crippen molar-refractivity contribution in [1.29, 1.82) is 0 Å². The van der Waals surface area contributed by atoms with Gasteiger partial charge < -0.3 is 16.4 Å². The number of hydrogen-bond donors (Lipinski definition) is 3. The summed E-state index contributed by atoms with van der Waals surface area (Å²) in [6, 6.07) is 6.40. The number of hydrogen-bond acceptors (Lipinski definition) is 3. The van der Waals surface area contributed by atoms with Crippen LogP contribution < -0.4 is 16.4 Å². The summed E-state index contributed by atoms with van der Waals surface area (Å²) in [6.07, 6.45) is 2.13. The van der Waals surface area contributed by atoms with E-state index in [0.29, 0.717) is 17.7 Å². The van der Waals surface area contributed by atoms with Crippen LogP contribution in [0.5, 0.6) is 0 Å². The summed E-state index contributed by atoms with van der Waals surface area (Å²) in [5.74, 6) is -0.597. The van der Waals surface area contributed by atoms with E-state index in [0.717, 1.165) is 25.9 Å². The van der Waals surface area contributed by atoms with Gasteiger partial charge in [-0.25, -0.2) is 0 Å². The molecule has 0 aromatic heterocycles. The number of amides is 2. The van der Waals surface area contributed by atoms with E-state index in [-0.39, 0.29) is 11.3 Å². The van der Waals surface area contributed by atoms with E-state index >= 15 is 0 Å². The predicted molar refractivity (Wildman–Crippen MR) is 77.5 cm³/mol. The molecule has 1 aromatic carbocycles. The van der Waals surface area contributed by atoms with E-state index in [9.17, 15) is 9.59 Å². The molecule has 0 radical (unpaired) electrons. The summed E-state index contributed by atoms with van der Waals surface area (Å²) in [6.45, 7) is 4.87. The Morgan fingerprint density at radius 3 is 2.30 bits per heavy atom. The lowest BCUT2D eigenvalue weighted by Crippen LogP contribution is -2.42. The molecule has 1 aliphatic rings. The lowest BCUT2D eigenvalue weighted by molar-refractivity contribution is 0.0920. The number of nitrogens with two attached hydrogens (primary N) is 1. The van der Waals surface area contributed by atoms with Crippen molar-refractivity contribution in [2.45, 2.75) is 19.8 Å². The van der Waals surface area contributed by atoms with E-state index in [1.165, 1.54) is 0 Å². The molecule has 0 aliphatic carbocycles. The summed E-state index contributed by atoms with van der Waals surface area (Å²) in [5, 5.41) is 6.29. The van der Waals surface area contributed by atoms with E-state index in [1.54, 1.807) is 24.3 Å². The third-order valence-electron chi connectivity index (χ3n) is 3.92. The number of rotatable bonds is 4. The number of carbonyl (C=O) groups is 2. The van der Waals surface area contributed by atoms with Crippen molar-refractivity contribution >= 4 is 11.8 Å². The first-order valence-electron chi connectivity index (χ1n) is 6.89. The second-order valence-corrected chi connectivity index (χ2v) is 5.68. The summed E-state index contributed by atoms with van der Waals surface area (Å²) in [7, 11) is 0. The zero-order valence-electron chi connectivity index (χ0n) is 11.7. The molecule has 1 fully saturated rings. The smallest absolute Gasteiger partial charge is 0.251 e. The van der Waals surface area contributed by atoms with Crippen LogP contribution in [0, 0.1) is 5.41 Å². The van der Waals surface area contributed by atoms with Crippen LogP contribution >= 0.6 is 0 Å². The monoisotopic (exact) mass is 275 g/mol. The largest absolute Gasteiger partial charge is 0.366 e. The van der Waals surface area contributed by atoms with E-state index < -0.39 is 5.91 Å². The van der Waals surface area contributed by atoms with Crippen molar-refractivity contribution in [3.05, 3.63) is 35.4 Å². The minimum atomic E-state index is -0.487. The Labute approximate surface area is 118 Å². The fraction of sp³-hybridized carbons (Fsp3) is 0.467. The average molecular weight is 275 g/mol. The maximum absolute atomic E-state index is 12.1. The predicted octanol–water partition coefficient (Wildman–Crippen LogP) is 0.905. The molecule has 108 valence electrons. The number of primary amides is 1. The third kappa shape index (κ3) is 3.57. The third-order valence-corrected chi connectivity index (χ3v) is 3.92. The molecule has 5 heteroatoms. The van der Waals surface area contributed by atoms with Crippen LogP contribution in [0.2, 0.25) is 0 Å². The average Bonchev–Trinajstić information content (AvgIpc) is 2.46. The van der Waals surface area contributed by atoms with Gasteiger partial charge in [-0.2, -0.15) is 0 Å². The molecule has 1 saturated heterocycles. The van der Waals surface area contributed by atoms with Crippen LogP contribution in [0.4, 0.5) is 0 Å². The minimum absolute atomic E-state index is 0.110. The first-order valence-corrected chi connectivity index (χ1v) is 6.89. The molecule has 5 nitrogen and oxygen atoms in total. The van der Waals surface area contributed by atoms with Crippen LogP contribution in [0.3, 0.4) is 0 Å². The Balaban J connectivity index is 1.92. The van der Waals surface area contributed by atoms with E-state index in [1.807, 2.05) is 0 Å². The van der Waals surface area contributed by atoms with Crippen molar-refractivity contribution in [2.75, 3.05) is 19.6 Å². The normalized spacial score (nSPS) is 17.4. The van der Waals surface area contributed by atoms with Crippen LogP contribution in [0.25, 0.3) is 0 Å². The van der Waals surface area contributed by atoms with Gasteiger partial charge in [-0.1, -0.05) is 6.92 Å². The highest BCUT2D eigenvalue weighted by atomic mass is 16.2. The first-order chi connectivity index (χ1) is 9.50. The molecule has 1 aliphatic heterocycles. The molecule has 1 heterocycles. The number of piperidine rings is 1. The molecule has 20 heavy (non-hydrogen) atoms. The molecule has 0 unspecified atom stereocenters. The molecule has 2 rings (SSSR count). The summed E-state index contributed by atoms with van der Waals surface area (Å²) in [5.41, 5.74) is 6.29. The quantitative estimate of drug-likeness (QED) is 0.763. The lowest BCUT2D eigenvalue weighted by Gasteiger charge is -2.34. The maximum Gasteiger partial charge on any atom is 0.251 e. The van der Waals surface area contributed by atoms with Gasteiger partial charge in [0, 0.05) is 17.7 Å². The molecule has 0 spiro atoms. The Morgan fingerprint density at radius 2 is 1.75 bits per heavy atom. The lowest BCUT2D eigenvalue weighted by atomic mass is 9.81. The highest BCUT2D eigenvalue weighted by Crippen LogP contribution is 2.26. The minimum Gasteiger partial charge on any atom is -0.366 e. The Morgan fingerprint density at radius 1 is 1.20 bits per heavy atom. The van der Waals surface area contributed by atoms with Gasteiger partial charge in [0.2, 0.25) is 5.91 Å². The van der Waals surface area contributed by atoms with Crippen LogP contribution in [-0.4, -0.2) is 31.4 Å². The fourth-order valence-electron chi connectivity index (χ4n) is 2.39. The zero-order valence-corrected chi connectivity index (χ0v) is 11.7. The topological polar surface area (TPSA) is 84.2 Å². The van der Waals surface area contributed by atoms with Crippen molar-refractivity contribution in [3.8, 4) is 0 Å². The fourth-order valence-corrected chi connectivity index (χ4v) is 2.39. The van der Waals surface area contributed by atoms with Crippen molar-refractivity contribution in [1.82, 2.24) is 10.6 Å². The van der Waals surface area contributed by atoms with Crippen LogP contribution in [-0.2, 0) is 0 Å². The SMILES string of the molecule is CC1(CNC(=O)c2ccc(C(N)=O)cc2)CCNCC1. The van der Waals surface area contributed by atoms with E-state index in [2.05, 4.69) is 17.6 Å². The molecule has 0 atom stereocenters. The van der Waals surface area contributed by atoms with Gasteiger partial charge in [0.1, 0.15) is 0 Å². The van der Waals surface area contributed by atoms with Gasteiger partial charge in [-0.05, 0) is 55.6 Å². The van der Waals surface area contributed by atoms with Crippen LogP contribution in [0.15, 0.2) is 24.3 Å². The van der Waals surface area contributed by atoms with Gasteiger partial charge in [0.05, 0.1) is 0 Å². The van der Waals surface area contributed by atoms with Crippen molar-refractivity contribution in [3.63, 3.8) is 0 Å². The van der Waals surface area contributed by atoms with Gasteiger partial charge in [0.15, 0.2) is 0 Å². The number of carbonyl (C=O) groups excluding carboxylic acids is 2. The van der Waals surface area contributed by atoms with Gasteiger partial charge in [-0.15, -0.1) is 0 Å². The summed E-state index contributed by atoms with van der Waals surface area (Å²) in [4.78, 5) is 23.0. The molecular formula is C15H21N3O2. The molecule has 2 amide bonds. The highest BCUT2D eigenvalue weighted by Gasteiger charge is 2.27. The molecule has 4 N–H and O–H groups in total. The second kappa shape index (κ2) is 6.05.